The van der Waals surface area contributed by atoms with Gasteiger partial charge < -0.3 is 25.0 Å². The average Bonchev–Trinajstić information content (AvgIpc) is 2.82. The highest BCUT2D eigenvalue weighted by Gasteiger charge is 2.21. The standard InChI is InChI=1S/C31H49N3O4/c1-30(2,3)37-28(35)33-22-10-12-24-34(29(36)38-31(4,5)6)23-11-9-20-32-21-14-18-26-17-13-16-25-15-7-8-19-27(25)26/h7-8,13,15-17,19,32H,9-12,14,18,20-24H2,1-6H3,(H,33,35). The number of benzene rings is 2. The van der Waals surface area contributed by atoms with E-state index in [0.717, 1.165) is 51.6 Å². The van der Waals surface area contributed by atoms with E-state index in [1.54, 1.807) is 4.90 Å². The summed E-state index contributed by atoms with van der Waals surface area (Å²) in [6, 6.07) is 15.1. The quantitative estimate of drug-likeness (QED) is 0.268. The average molecular weight is 528 g/mol. The number of alkyl carbamates (subject to hydrolysis) is 1. The van der Waals surface area contributed by atoms with Gasteiger partial charge in [-0.2, -0.15) is 0 Å². The monoisotopic (exact) mass is 527 g/mol. The van der Waals surface area contributed by atoms with Crippen LogP contribution < -0.4 is 10.6 Å². The van der Waals surface area contributed by atoms with Gasteiger partial charge in [-0.15, -0.1) is 0 Å². The van der Waals surface area contributed by atoms with Gasteiger partial charge in [-0.3, -0.25) is 0 Å². The van der Waals surface area contributed by atoms with Crippen LogP contribution in [0.2, 0.25) is 0 Å². The van der Waals surface area contributed by atoms with Gasteiger partial charge in [0.1, 0.15) is 11.2 Å². The Morgan fingerprint density at radius 3 is 2.03 bits per heavy atom. The van der Waals surface area contributed by atoms with E-state index in [4.69, 9.17) is 9.47 Å². The Kier molecular flexibility index (Phi) is 12.9. The molecule has 7 heteroatoms. The Labute approximate surface area is 229 Å². The number of hydrogen-bond acceptors (Lipinski definition) is 5. The number of carbonyl (C=O) groups is 2. The summed E-state index contributed by atoms with van der Waals surface area (Å²) in [5.74, 6) is 0. The molecule has 0 fully saturated rings. The maximum Gasteiger partial charge on any atom is 0.410 e. The molecule has 0 unspecified atom stereocenters. The van der Waals surface area contributed by atoms with Crippen molar-refractivity contribution < 1.29 is 19.1 Å². The van der Waals surface area contributed by atoms with E-state index in [0.29, 0.717) is 19.6 Å². The Hall–Kier alpha value is -2.80. The van der Waals surface area contributed by atoms with Crippen LogP contribution in [-0.2, 0) is 15.9 Å². The van der Waals surface area contributed by atoms with Gasteiger partial charge in [0.2, 0.25) is 0 Å². The zero-order valence-electron chi connectivity index (χ0n) is 24.4. The molecule has 2 N–H and O–H groups in total. The maximum absolute atomic E-state index is 12.7. The minimum atomic E-state index is -0.529. The number of nitrogens with one attached hydrogen (secondary N) is 2. The van der Waals surface area contributed by atoms with Crippen molar-refractivity contribution in [1.29, 1.82) is 0 Å². The molecule has 2 aromatic carbocycles. The Morgan fingerprint density at radius 2 is 1.34 bits per heavy atom. The summed E-state index contributed by atoms with van der Waals surface area (Å²) in [6.45, 7) is 14.9. The lowest BCUT2D eigenvalue weighted by Crippen LogP contribution is -2.38. The molecule has 0 aliphatic carbocycles. The van der Waals surface area contributed by atoms with Crippen molar-refractivity contribution in [2.45, 2.75) is 91.3 Å². The predicted octanol–water partition coefficient (Wildman–Crippen LogP) is 6.68. The molecule has 0 radical (unpaired) electrons. The van der Waals surface area contributed by atoms with Gasteiger partial charge in [-0.25, -0.2) is 9.59 Å². The molecule has 0 aliphatic rings. The lowest BCUT2D eigenvalue weighted by atomic mass is 10.0. The van der Waals surface area contributed by atoms with Gasteiger partial charge in [-0.1, -0.05) is 42.5 Å². The molecule has 0 bridgehead atoms. The van der Waals surface area contributed by atoms with Crippen LogP contribution in [0.15, 0.2) is 42.5 Å². The van der Waals surface area contributed by atoms with Gasteiger partial charge in [0.25, 0.3) is 0 Å². The van der Waals surface area contributed by atoms with E-state index < -0.39 is 17.3 Å². The van der Waals surface area contributed by atoms with E-state index >= 15 is 0 Å². The van der Waals surface area contributed by atoms with Crippen molar-refractivity contribution in [3.63, 3.8) is 0 Å². The first kappa shape index (κ1) is 31.4. The molecular weight excluding hydrogens is 478 g/mol. The number of hydrogen-bond donors (Lipinski definition) is 2. The summed E-state index contributed by atoms with van der Waals surface area (Å²) >= 11 is 0. The fourth-order valence-electron chi connectivity index (χ4n) is 4.15. The third-order valence-electron chi connectivity index (χ3n) is 5.89. The number of nitrogens with zero attached hydrogens (tertiary/aromatic N) is 1. The molecule has 0 heterocycles. The van der Waals surface area contributed by atoms with Gasteiger partial charge in [0.15, 0.2) is 0 Å². The largest absolute Gasteiger partial charge is 0.444 e. The van der Waals surface area contributed by atoms with Crippen LogP contribution in [0.3, 0.4) is 0 Å². The molecule has 2 aromatic rings. The Balaban J connectivity index is 1.65. The predicted molar refractivity (Wildman–Crippen MR) is 156 cm³/mol. The van der Waals surface area contributed by atoms with E-state index in [1.807, 2.05) is 41.5 Å². The molecule has 0 atom stereocenters. The summed E-state index contributed by atoms with van der Waals surface area (Å²) in [5, 5.41) is 8.96. The molecular formula is C31H49N3O4. The van der Waals surface area contributed by atoms with Crippen LogP contribution in [0.1, 0.15) is 79.2 Å². The van der Waals surface area contributed by atoms with Crippen molar-refractivity contribution in [2.24, 2.45) is 0 Å². The number of fused-ring (bicyclic) bond motifs is 1. The summed E-state index contributed by atoms with van der Waals surface area (Å²) in [6.07, 6.45) is 4.91. The smallest absolute Gasteiger partial charge is 0.410 e. The Morgan fingerprint density at radius 1 is 0.737 bits per heavy atom. The SMILES string of the molecule is CC(C)(C)OC(=O)NCCCCN(CCCCNCCCc1cccc2ccccc12)C(=O)OC(C)(C)C. The van der Waals surface area contributed by atoms with Crippen LogP contribution in [0.25, 0.3) is 10.8 Å². The number of unbranched alkanes of at least 4 members (excludes halogenated alkanes) is 2. The maximum atomic E-state index is 12.7. The normalized spacial score (nSPS) is 11.8. The van der Waals surface area contributed by atoms with Crippen LogP contribution in [0.5, 0.6) is 0 Å². The fourth-order valence-corrected chi connectivity index (χ4v) is 4.15. The summed E-state index contributed by atoms with van der Waals surface area (Å²) in [7, 11) is 0. The first-order valence-corrected chi connectivity index (χ1v) is 14.1. The molecule has 0 aliphatic heterocycles. The molecule has 38 heavy (non-hydrogen) atoms. The first-order chi connectivity index (χ1) is 17.9. The first-order valence-electron chi connectivity index (χ1n) is 14.1. The second-order valence-electron chi connectivity index (χ2n) is 11.8. The highest BCUT2D eigenvalue weighted by Crippen LogP contribution is 2.19. The van der Waals surface area contributed by atoms with Crippen LogP contribution in [-0.4, -0.2) is 61.0 Å². The van der Waals surface area contributed by atoms with Gasteiger partial charge in [0, 0.05) is 19.6 Å². The second kappa shape index (κ2) is 15.6. The molecule has 7 nitrogen and oxygen atoms in total. The third-order valence-corrected chi connectivity index (χ3v) is 5.89. The molecule has 0 spiro atoms. The lowest BCUT2D eigenvalue weighted by Gasteiger charge is -2.27. The highest BCUT2D eigenvalue weighted by molar-refractivity contribution is 5.85. The van der Waals surface area contributed by atoms with E-state index in [9.17, 15) is 9.59 Å². The minimum Gasteiger partial charge on any atom is -0.444 e. The minimum absolute atomic E-state index is 0.277. The van der Waals surface area contributed by atoms with Crippen molar-refractivity contribution >= 4 is 23.0 Å². The summed E-state index contributed by atoms with van der Waals surface area (Å²) in [4.78, 5) is 26.3. The van der Waals surface area contributed by atoms with E-state index in [2.05, 4.69) is 53.1 Å². The molecule has 212 valence electrons. The van der Waals surface area contributed by atoms with Gasteiger partial charge in [-0.05, 0) is 109 Å². The zero-order valence-corrected chi connectivity index (χ0v) is 24.4. The number of ether oxygens (including phenoxy) is 2. The zero-order chi connectivity index (χ0) is 28.0. The Bertz CT molecular complexity index is 989. The van der Waals surface area contributed by atoms with E-state index in [1.165, 1.54) is 16.3 Å². The van der Waals surface area contributed by atoms with Crippen molar-refractivity contribution in [3.8, 4) is 0 Å². The number of carbonyl (C=O) groups excluding carboxylic acids is 2. The van der Waals surface area contributed by atoms with Crippen LogP contribution in [0.4, 0.5) is 9.59 Å². The third kappa shape index (κ3) is 13.1. The van der Waals surface area contributed by atoms with Crippen molar-refractivity contribution in [2.75, 3.05) is 32.7 Å². The van der Waals surface area contributed by atoms with Crippen molar-refractivity contribution in [3.05, 3.63) is 48.0 Å². The van der Waals surface area contributed by atoms with Gasteiger partial charge in [0.05, 0.1) is 0 Å². The molecule has 0 saturated carbocycles. The number of amides is 2. The molecule has 0 aromatic heterocycles. The topological polar surface area (TPSA) is 79.9 Å². The number of aryl methyl sites for hydroxylation is 1. The highest BCUT2D eigenvalue weighted by atomic mass is 16.6. The van der Waals surface area contributed by atoms with Crippen LogP contribution >= 0.6 is 0 Å². The summed E-state index contributed by atoms with van der Waals surface area (Å²) < 4.78 is 10.9. The fraction of sp³-hybridized carbons (Fsp3) is 0.613. The van der Waals surface area contributed by atoms with Crippen LogP contribution in [0, 0.1) is 0 Å². The molecule has 2 rings (SSSR count). The molecule has 0 saturated heterocycles. The molecule has 2 amide bonds. The van der Waals surface area contributed by atoms with Gasteiger partial charge >= 0.3 is 12.2 Å². The number of rotatable bonds is 14. The van der Waals surface area contributed by atoms with Crippen molar-refractivity contribution in [1.82, 2.24) is 15.5 Å². The lowest BCUT2D eigenvalue weighted by molar-refractivity contribution is 0.0242. The van der Waals surface area contributed by atoms with E-state index in [-0.39, 0.29) is 6.09 Å². The second-order valence-corrected chi connectivity index (χ2v) is 11.8. The summed E-state index contributed by atoms with van der Waals surface area (Å²) in [5.41, 5.74) is 0.363.